The molecule has 0 saturated heterocycles. The quantitative estimate of drug-likeness (QED) is 0.788. The van der Waals surface area contributed by atoms with Crippen LogP contribution in [0.3, 0.4) is 0 Å². The van der Waals surface area contributed by atoms with E-state index in [0.717, 1.165) is 23.3 Å². The zero-order chi connectivity index (χ0) is 9.97. The summed E-state index contributed by atoms with van der Waals surface area (Å²) in [6.07, 6.45) is 1.94. The van der Waals surface area contributed by atoms with Gasteiger partial charge in [0.1, 0.15) is 5.75 Å². The fourth-order valence-electron chi connectivity index (χ4n) is 1.44. The fraction of sp³-hybridized carbons (Fsp3) is 0.333. The Bertz CT molecular complexity index is 417. The minimum absolute atomic E-state index is 0.559. The van der Waals surface area contributed by atoms with Gasteiger partial charge in [0.05, 0.1) is 6.61 Å². The molecule has 0 fully saturated rings. The second-order valence-corrected chi connectivity index (χ2v) is 3.90. The van der Waals surface area contributed by atoms with Crippen molar-refractivity contribution in [3.8, 4) is 5.75 Å². The maximum Gasteiger partial charge on any atom is 0.128 e. The van der Waals surface area contributed by atoms with E-state index in [-0.39, 0.29) is 0 Å². The second-order valence-electron chi connectivity index (χ2n) is 3.90. The second kappa shape index (κ2) is 3.74. The first-order chi connectivity index (χ1) is 6.77. The summed E-state index contributed by atoms with van der Waals surface area (Å²) in [5.41, 5.74) is 1.13. The molecule has 14 heavy (non-hydrogen) atoms. The summed E-state index contributed by atoms with van der Waals surface area (Å²) in [4.78, 5) is 3.17. The first-order valence-electron chi connectivity index (χ1n) is 4.96. The molecule has 2 rings (SSSR count). The number of H-pyrrole nitrogens is 1. The van der Waals surface area contributed by atoms with E-state index in [0.29, 0.717) is 5.92 Å². The molecule has 2 aromatic rings. The van der Waals surface area contributed by atoms with Crippen LogP contribution in [0.4, 0.5) is 0 Å². The molecule has 0 bridgehead atoms. The summed E-state index contributed by atoms with van der Waals surface area (Å²) in [6.45, 7) is 5.07. The molecule has 0 aliphatic carbocycles. The number of ether oxygens (including phenoxy) is 1. The van der Waals surface area contributed by atoms with Gasteiger partial charge in [-0.05, 0) is 24.1 Å². The lowest BCUT2D eigenvalue weighted by atomic mass is 10.2. The Balaban J connectivity index is 2.27. The summed E-state index contributed by atoms with van der Waals surface area (Å²) in [7, 11) is 0. The molecule has 74 valence electrons. The van der Waals surface area contributed by atoms with Crippen LogP contribution < -0.4 is 4.74 Å². The molecule has 0 radical (unpaired) electrons. The van der Waals surface area contributed by atoms with Crippen LogP contribution in [0.2, 0.25) is 0 Å². The molecule has 0 aliphatic rings. The maximum absolute atomic E-state index is 5.72. The summed E-state index contributed by atoms with van der Waals surface area (Å²) in [6, 6.07) is 8.12. The normalized spacial score (nSPS) is 11.1. The standard InChI is InChI=1S/C12H15NO/c1-9(2)8-14-12-5-3-4-11-10(12)6-7-13-11/h3-7,9,13H,8H2,1-2H3. The van der Waals surface area contributed by atoms with Crippen LogP contribution in [0.5, 0.6) is 5.75 Å². The van der Waals surface area contributed by atoms with Gasteiger partial charge in [-0.3, -0.25) is 0 Å². The van der Waals surface area contributed by atoms with Gasteiger partial charge < -0.3 is 9.72 Å². The molecule has 0 spiro atoms. The van der Waals surface area contributed by atoms with Crippen molar-refractivity contribution in [3.63, 3.8) is 0 Å². The zero-order valence-corrected chi connectivity index (χ0v) is 8.58. The third-order valence-corrected chi connectivity index (χ3v) is 2.13. The van der Waals surface area contributed by atoms with Crippen molar-refractivity contribution in [2.45, 2.75) is 13.8 Å². The van der Waals surface area contributed by atoms with Crippen LogP contribution in [0, 0.1) is 5.92 Å². The van der Waals surface area contributed by atoms with Crippen molar-refractivity contribution in [2.75, 3.05) is 6.61 Å². The van der Waals surface area contributed by atoms with Crippen molar-refractivity contribution in [1.82, 2.24) is 4.98 Å². The monoisotopic (exact) mass is 189 g/mol. The van der Waals surface area contributed by atoms with Crippen LogP contribution >= 0.6 is 0 Å². The third-order valence-electron chi connectivity index (χ3n) is 2.13. The topological polar surface area (TPSA) is 25.0 Å². The minimum Gasteiger partial charge on any atom is -0.493 e. The van der Waals surface area contributed by atoms with Gasteiger partial charge in [0.25, 0.3) is 0 Å². The van der Waals surface area contributed by atoms with Gasteiger partial charge in [0.2, 0.25) is 0 Å². The van der Waals surface area contributed by atoms with Gasteiger partial charge in [-0.25, -0.2) is 0 Å². The van der Waals surface area contributed by atoms with Crippen molar-refractivity contribution < 1.29 is 4.74 Å². The summed E-state index contributed by atoms with van der Waals surface area (Å²) in [5.74, 6) is 1.53. The third kappa shape index (κ3) is 1.74. The maximum atomic E-state index is 5.72. The van der Waals surface area contributed by atoms with Gasteiger partial charge in [-0.15, -0.1) is 0 Å². The molecular formula is C12H15NO. The first-order valence-corrected chi connectivity index (χ1v) is 4.96. The molecule has 1 aromatic carbocycles. The highest BCUT2D eigenvalue weighted by Gasteiger charge is 2.02. The number of fused-ring (bicyclic) bond motifs is 1. The average Bonchev–Trinajstić information content (AvgIpc) is 2.62. The van der Waals surface area contributed by atoms with E-state index in [4.69, 9.17) is 4.74 Å². The molecule has 2 nitrogen and oxygen atoms in total. The molecule has 1 heterocycles. The van der Waals surface area contributed by atoms with E-state index in [1.54, 1.807) is 0 Å². The van der Waals surface area contributed by atoms with E-state index in [2.05, 4.69) is 24.9 Å². The molecule has 0 saturated carbocycles. The highest BCUT2D eigenvalue weighted by molar-refractivity contribution is 5.85. The number of aromatic amines is 1. The highest BCUT2D eigenvalue weighted by atomic mass is 16.5. The Kier molecular flexibility index (Phi) is 2.44. The Morgan fingerprint density at radius 2 is 2.14 bits per heavy atom. The SMILES string of the molecule is CC(C)COc1cccc2[nH]ccc12. The van der Waals surface area contributed by atoms with Gasteiger partial charge >= 0.3 is 0 Å². The fourth-order valence-corrected chi connectivity index (χ4v) is 1.44. The Morgan fingerprint density at radius 1 is 1.29 bits per heavy atom. The average molecular weight is 189 g/mol. The number of hydrogen-bond donors (Lipinski definition) is 1. The smallest absolute Gasteiger partial charge is 0.128 e. The van der Waals surface area contributed by atoms with Crippen LogP contribution in [0.1, 0.15) is 13.8 Å². The van der Waals surface area contributed by atoms with Crippen LogP contribution in [-0.4, -0.2) is 11.6 Å². The Morgan fingerprint density at radius 3 is 2.93 bits per heavy atom. The molecule has 0 amide bonds. The summed E-state index contributed by atoms with van der Waals surface area (Å²) in [5, 5.41) is 1.16. The molecule has 0 unspecified atom stereocenters. The largest absolute Gasteiger partial charge is 0.493 e. The number of rotatable bonds is 3. The number of aromatic nitrogens is 1. The lowest BCUT2D eigenvalue weighted by Crippen LogP contribution is -2.04. The number of hydrogen-bond acceptors (Lipinski definition) is 1. The van der Waals surface area contributed by atoms with Crippen LogP contribution in [-0.2, 0) is 0 Å². The first kappa shape index (κ1) is 9.13. The van der Waals surface area contributed by atoms with Gasteiger partial charge in [0, 0.05) is 17.1 Å². The minimum atomic E-state index is 0.559. The summed E-state index contributed by atoms with van der Waals surface area (Å²) < 4.78 is 5.72. The molecular weight excluding hydrogens is 174 g/mol. The van der Waals surface area contributed by atoms with Crippen molar-refractivity contribution in [3.05, 3.63) is 30.5 Å². The number of nitrogens with one attached hydrogen (secondary N) is 1. The molecule has 2 heteroatoms. The van der Waals surface area contributed by atoms with E-state index in [1.165, 1.54) is 0 Å². The van der Waals surface area contributed by atoms with Gasteiger partial charge in [0.15, 0.2) is 0 Å². The van der Waals surface area contributed by atoms with Crippen LogP contribution in [0.25, 0.3) is 10.9 Å². The molecule has 1 aromatic heterocycles. The van der Waals surface area contributed by atoms with Crippen LogP contribution in [0.15, 0.2) is 30.5 Å². The Labute approximate surface area is 83.9 Å². The molecule has 0 atom stereocenters. The lowest BCUT2D eigenvalue weighted by Gasteiger charge is -2.09. The van der Waals surface area contributed by atoms with E-state index < -0.39 is 0 Å². The van der Waals surface area contributed by atoms with E-state index in [9.17, 15) is 0 Å². The van der Waals surface area contributed by atoms with Gasteiger partial charge in [-0.1, -0.05) is 19.9 Å². The van der Waals surface area contributed by atoms with E-state index in [1.807, 2.05) is 24.4 Å². The lowest BCUT2D eigenvalue weighted by molar-refractivity contribution is 0.274. The van der Waals surface area contributed by atoms with Crippen molar-refractivity contribution >= 4 is 10.9 Å². The highest BCUT2D eigenvalue weighted by Crippen LogP contribution is 2.24. The number of benzene rings is 1. The molecule has 1 N–H and O–H groups in total. The Hall–Kier alpha value is -1.44. The predicted molar refractivity (Wildman–Crippen MR) is 58.6 cm³/mol. The van der Waals surface area contributed by atoms with Crippen molar-refractivity contribution in [2.24, 2.45) is 5.92 Å². The van der Waals surface area contributed by atoms with Gasteiger partial charge in [-0.2, -0.15) is 0 Å². The van der Waals surface area contributed by atoms with Crippen molar-refractivity contribution in [1.29, 1.82) is 0 Å². The predicted octanol–water partition coefficient (Wildman–Crippen LogP) is 3.20. The van der Waals surface area contributed by atoms with E-state index >= 15 is 0 Å². The summed E-state index contributed by atoms with van der Waals surface area (Å²) >= 11 is 0. The molecule has 0 aliphatic heterocycles. The zero-order valence-electron chi connectivity index (χ0n) is 8.58.